The van der Waals surface area contributed by atoms with Crippen molar-refractivity contribution in [1.29, 1.82) is 0 Å². The highest BCUT2D eigenvalue weighted by Crippen LogP contribution is 2.13. The number of benzene rings is 1. The number of aromatic nitrogens is 3. The molecule has 0 spiro atoms. The molecule has 1 aromatic heterocycles. The molecule has 0 aliphatic rings. The number of sulfonamides is 1. The maximum atomic E-state index is 12.2. The molecular formula is C13H15N5O3S. The van der Waals surface area contributed by atoms with Gasteiger partial charge in [0.15, 0.2) is 0 Å². The van der Waals surface area contributed by atoms with Crippen molar-refractivity contribution in [3.63, 3.8) is 0 Å². The van der Waals surface area contributed by atoms with Gasteiger partial charge in [-0.3, -0.25) is 5.32 Å². The quantitative estimate of drug-likeness (QED) is 0.881. The van der Waals surface area contributed by atoms with Crippen molar-refractivity contribution in [2.24, 2.45) is 0 Å². The Labute approximate surface area is 128 Å². The first-order valence-electron chi connectivity index (χ1n) is 6.36. The highest BCUT2D eigenvalue weighted by atomic mass is 32.2. The van der Waals surface area contributed by atoms with Gasteiger partial charge >= 0.3 is 6.03 Å². The van der Waals surface area contributed by atoms with Gasteiger partial charge in [-0.1, -0.05) is 18.2 Å². The van der Waals surface area contributed by atoms with Crippen LogP contribution in [0.4, 0.5) is 10.7 Å². The summed E-state index contributed by atoms with van der Waals surface area (Å²) in [6.07, 6.45) is 0. The maximum Gasteiger partial charge on any atom is 0.335 e. The van der Waals surface area contributed by atoms with Gasteiger partial charge in [0.2, 0.25) is 5.95 Å². The first-order chi connectivity index (χ1) is 10.3. The molecular weight excluding hydrogens is 306 g/mol. The number of hydrogen-bond donors (Lipinski definition) is 2. The first kappa shape index (κ1) is 15.8. The number of nitrogens with one attached hydrogen (secondary N) is 2. The molecule has 0 aliphatic heterocycles. The molecule has 1 heterocycles. The van der Waals surface area contributed by atoms with Gasteiger partial charge in [0.05, 0.1) is 4.90 Å². The highest BCUT2D eigenvalue weighted by molar-refractivity contribution is 7.90. The summed E-state index contributed by atoms with van der Waals surface area (Å²) in [5.74, 6) is 0.830. The Bertz CT molecular complexity index is 800. The van der Waals surface area contributed by atoms with E-state index >= 15 is 0 Å². The minimum Gasteiger partial charge on any atom is -0.275 e. The van der Waals surface area contributed by atoms with Gasteiger partial charge in [0.1, 0.15) is 11.6 Å². The summed E-state index contributed by atoms with van der Waals surface area (Å²) in [7, 11) is -3.96. The Hall–Kier alpha value is -2.55. The van der Waals surface area contributed by atoms with Crippen LogP contribution in [0.1, 0.15) is 17.2 Å². The van der Waals surface area contributed by atoms with Crippen LogP contribution in [-0.2, 0) is 10.0 Å². The number of carbonyl (C=O) groups excluding carboxylic acids is 1. The van der Waals surface area contributed by atoms with Crippen molar-refractivity contribution in [2.45, 2.75) is 25.7 Å². The summed E-state index contributed by atoms with van der Waals surface area (Å²) < 4.78 is 26.2. The molecule has 0 saturated heterocycles. The molecule has 0 saturated carbocycles. The topological polar surface area (TPSA) is 114 Å². The van der Waals surface area contributed by atoms with Crippen LogP contribution in [0.5, 0.6) is 0 Å². The second-order valence-corrected chi connectivity index (χ2v) is 6.23. The third-order valence-electron chi connectivity index (χ3n) is 2.69. The van der Waals surface area contributed by atoms with Crippen LogP contribution in [0, 0.1) is 20.8 Å². The van der Waals surface area contributed by atoms with Gasteiger partial charge in [0.25, 0.3) is 10.0 Å². The van der Waals surface area contributed by atoms with Crippen LogP contribution in [0.15, 0.2) is 29.2 Å². The number of rotatable bonds is 3. The molecule has 2 N–H and O–H groups in total. The molecule has 1 aromatic carbocycles. The molecule has 0 aliphatic carbocycles. The maximum absolute atomic E-state index is 12.2. The van der Waals surface area contributed by atoms with Crippen LogP contribution in [0.25, 0.3) is 0 Å². The van der Waals surface area contributed by atoms with Gasteiger partial charge in [-0.25, -0.2) is 22.9 Å². The van der Waals surface area contributed by atoms with Crippen molar-refractivity contribution in [3.8, 4) is 0 Å². The Morgan fingerprint density at radius 2 is 1.59 bits per heavy atom. The fourth-order valence-electron chi connectivity index (χ4n) is 1.83. The Balaban J connectivity index is 2.16. The number of carbonyl (C=O) groups is 1. The second-order valence-electron chi connectivity index (χ2n) is 4.58. The molecule has 0 bridgehead atoms. The normalized spacial score (nSPS) is 11.0. The summed E-state index contributed by atoms with van der Waals surface area (Å²) in [6, 6.07) is 5.42. The molecule has 22 heavy (non-hydrogen) atoms. The lowest BCUT2D eigenvalue weighted by Crippen LogP contribution is -2.35. The van der Waals surface area contributed by atoms with Crippen LogP contribution in [0.3, 0.4) is 0 Å². The lowest BCUT2D eigenvalue weighted by atomic mass is 10.2. The Kier molecular flexibility index (Phi) is 4.36. The van der Waals surface area contributed by atoms with Gasteiger partial charge in [-0.2, -0.15) is 9.97 Å². The van der Waals surface area contributed by atoms with E-state index < -0.39 is 16.1 Å². The van der Waals surface area contributed by atoms with Crippen molar-refractivity contribution in [2.75, 3.05) is 5.32 Å². The third kappa shape index (κ3) is 3.76. The predicted octanol–water partition coefficient (Wildman–Crippen LogP) is 1.31. The zero-order valence-corrected chi connectivity index (χ0v) is 13.1. The first-order valence-corrected chi connectivity index (χ1v) is 7.85. The smallest absolute Gasteiger partial charge is 0.275 e. The summed E-state index contributed by atoms with van der Waals surface area (Å²) in [5.41, 5.74) is 0.537. The average Bonchev–Trinajstić information content (AvgIpc) is 2.36. The van der Waals surface area contributed by atoms with Gasteiger partial charge in [-0.15, -0.1) is 0 Å². The molecule has 0 unspecified atom stereocenters. The van der Waals surface area contributed by atoms with Crippen molar-refractivity contribution in [1.82, 2.24) is 19.7 Å². The summed E-state index contributed by atoms with van der Waals surface area (Å²) in [5, 5.41) is 2.28. The SMILES string of the molecule is Cc1nc(C)nc(NC(=O)NS(=O)(=O)c2ccccc2C)n1. The summed E-state index contributed by atoms with van der Waals surface area (Å²) in [6.45, 7) is 4.93. The summed E-state index contributed by atoms with van der Waals surface area (Å²) in [4.78, 5) is 23.6. The van der Waals surface area contributed by atoms with Crippen LogP contribution in [-0.4, -0.2) is 29.4 Å². The third-order valence-corrected chi connectivity index (χ3v) is 4.19. The molecule has 116 valence electrons. The van der Waals surface area contributed by atoms with E-state index in [9.17, 15) is 13.2 Å². The largest absolute Gasteiger partial charge is 0.335 e. The summed E-state index contributed by atoms with van der Waals surface area (Å²) >= 11 is 0. The van der Waals surface area contributed by atoms with Crippen molar-refractivity contribution < 1.29 is 13.2 Å². The number of urea groups is 1. The highest BCUT2D eigenvalue weighted by Gasteiger charge is 2.20. The van der Waals surface area contributed by atoms with E-state index in [2.05, 4.69) is 20.3 Å². The van der Waals surface area contributed by atoms with Crippen LogP contribution >= 0.6 is 0 Å². The van der Waals surface area contributed by atoms with E-state index in [0.29, 0.717) is 17.2 Å². The van der Waals surface area contributed by atoms with E-state index in [4.69, 9.17) is 0 Å². The second kappa shape index (κ2) is 6.06. The molecule has 0 fully saturated rings. The van der Waals surface area contributed by atoms with Crippen LogP contribution in [0.2, 0.25) is 0 Å². The number of anilines is 1. The molecule has 9 heteroatoms. The zero-order chi connectivity index (χ0) is 16.3. The molecule has 2 rings (SSSR count). The molecule has 2 amide bonds. The minimum absolute atomic E-state index is 0.0116. The van der Waals surface area contributed by atoms with E-state index in [-0.39, 0.29) is 10.8 Å². The minimum atomic E-state index is -3.96. The van der Waals surface area contributed by atoms with Gasteiger partial charge in [-0.05, 0) is 32.4 Å². The fourth-order valence-corrected chi connectivity index (χ4v) is 2.99. The van der Waals surface area contributed by atoms with Crippen molar-refractivity contribution in [3.05, 3.63) is 41.5 Å². The standard InChI is InChI=1S/C13H15N5O3S/c1-8-6-4-5-7-11(8)22(20,21)18-13(19)17-12-15-9(2)14-10(3)16-12/h4-7H,1-3H3,(H2,14,15,16,17,18,19). The van der Waals surface area contributed by atoms with E-state index in [1.807, 2.05) is 4.72 Å². The van der Waals surface area contributed by atoms with Crippen molar-refractivity contribution >= 4 is 22.0 Å². The van der Waals surface area contributed by atoms with E-state index in [0.717, 1.165) is 0 Å². The number of nitrogens with zero attached hydrogens (tertiary/aromatic N) is 3. The van der Waals surface area contributed by atoms with E-state index in [1.165, 1.54) is 6.07 Å². The number of hydrogen-bond acceptors (Lipinski definition) is 6. The zero-order valence-electron chi connectivity index (χ0n) is 12.3. The van der Waals surface area contributed by atoms with Crippen LogP contribution < -0.4 is 10.0 Å². The fraction of sp³-hybridized carbons (Fsp3) is 0.231. The van der Waals surface area contributed by atoms with Gasteiger partial charge < -0.3 is 0 Å². The average molecular weight is 321 g/mol. The number of aryl methyl sites for hydroxylation is 3. The molecule has 8 nitrogen and oxygen atoms in total. The Morgan fingerprint density at radius 1 is 1.00 bits per heavy atom. The predicted molar refractivity (Wildman–Crippen MR) is 79.8 cm³/mol. The molecule has 2 aromatic rings. The lowest BCUT2D eigenvalue weighted by Gasteiger charge is -2.09. The molecule has 0 radical (unpaired) electrons. The monoisotopic (exact) mass is 321 g/mol. The number of amides is 2. The Morgan fingerprint density at radius 3 is 2.18 bits per heavy atom. The molecule has 0 atom stereocenters. The van der Waals surface area contributed by atoms with Gasteiger partial charge in [0, 0.05) is 0 Å². The lowest BCUT2D eigenvalue weighted by molar-refractivity contribution is 0.256. The van der Waals surface area contributed by atoms with E-state index in [1.54, 1.807) is 39.0 Å².